The molecule has 0 aromatic carbocycles. The second-order valence-electron chi connectivity index (χ2n) is 4.12. The number of hydrogen-bond donors (Lipinski definition) is 2. The van der Waals surface area contributed by atoms with Gasteiger partial charge >= 0.3 is 5.97 Å². The van der Waals surface area contributed by atoms with Crippen LogP contribution in [0.25, 0.3) is 0 Å². The Morgan fingerprint density at radius 2 is 2.14 bits per heavy atom. The van der Waals surface area contributed by atoms with Crippen molar-refractivity contribution in [3.8, 4) is 0 Å². The molecule has 4 heteroatoms. The fourth-order valence-corrected chi connectivity index (χ4v) is 3.06. The van der Waals surface area contributed by atoms with Crippen molar-refractivity contribution >= 4 is 17.7 Å². The summed E-state index contributed by atoms with van der Waals surface area (Å²) in [5.41, 5.74) is 5.42. The Labute approximate surface area is 89.4 Å². The summed E-state index contributed by atoms with van der Waals surface area (Å²) >= 11 is 1.53. The molecule has 0 heterocycles. The molecule has 0 spiro atoms. The third-order valence-electron chi connectivity index (χ3n) is 2.97. The molecule has 1 aliphatic carbocycles. The van der Waals surface area contributed by atoms with Gasteiger partial charge in [-0.3, -0.25) is 4.79 Å². The van der Waals surface area contributed by atoms with E-state index in [-0.39, 0.29) is 0 Å². The van der Waals surface area contributed by atoms with Gasteiger partial charge in [0.2, 0.25) is 0 Å². The first kappa shape index (κ1) is 11.9. The monoisotopic (exact) mass is 217 g/mol. The predicted molar refractivity (Wildman–Crippen MR) is 59.5 cm³/mol. The van der Waals surface area contributed by atoms with E-state index in [4.69, 9.17) is 5.73 Å². The van der Waals surface area contributed by atoms with Gasteiger partial charge in [-0.15, -0.1) is 11.8 Å². The van der Waals surface area contributed by atoms with Crippen molar-refractivity contribution in [2.24, 2.45) is 11.7 Å². The lowest BCUT2D eigenvalue weighted by Gasteiger charge is -2.35. The second-order valence-corrected chi connectivity index (χ2v) is 5.60. The molecule has 1 fully saturated rings. The number of nitrogens with two attached hydrogens (primary N) is 1. The Balaban J connectivity index is 2.58. The van der Waals surface area contributed by atoms with Crippen molar-refractivity contribution in [3.63, 3.8) is 0 Å². The van der Waals surface area contributed by atoms with Gasteiger partial charge in [0, 0.05) is 12.3 Å². The van der Waals surface area contributed by atoms with Crippen LogP contribution >= 0.6 is 11.8 Å². The fourth-order valence-electron chi connectivity index (χ4n) is 1.90. The van der Waals surface area contributed by atoms with Gasteiger partial charge < -0.3 is 10.8 Å². The molecular weight excluding hydrogens is 198 g/mol. The minimum Gasteiger partial charge on any atom is -0.480 e. The number of carbonyl (C=O) groups is 1. The molecule has 0 aliphatic heterocycles. The van der Waals surface area contributed by atoms with Crippen LogP contribution in [0.2, 0.25) is 0 Å². The lowest BCUT2D eigenvalue weighted by atomic mass is 9.82. The highest BCUT2D eigenvalue weighted by Crippen LogP contribution is 2.41. The Kier molecular flexibility index (Phi) is 4.26. The van der Waals surface area contributed by atoms with Gasteiger partial charge in [-0.05, 0) is 31.6 Å². The summed E-state index contributed by atoms with van der Waals surface area (Å²) in [7, 11) is 0. The molecule has 3 nitrogen and oxygen atoms in total. The van der Waals surface area contributed by atoms with Gasteiger partial charge in [0.15, 0.2) is 0 Å². The highest BCUT2D eigenvalue weighted by molar-refractivity contribution is 8.01. The molecule has 1 saturated carbocycles. The van der Waals surface area contributed by atoms with E-state index >= 15 is 0 Å². The molecule has 0 saturated heterocycles. The molecule has 0 aromatic heterocycles. The van der Waals surface area contributed by atoms with Crippen LogP contribution in [0.4, 0.5) is 0 Å². The molecule has 1 aliphatic rings. The number of thioether (sulfide) groups is 1. The average molecular weight is 217 g/mol. The number of aliphatic carboxylic acids is 1. The fraction of sp³-hybridized carbons (Fsp3) is 0.900. The summed E-state index contributed by atoms with van der Waals surface area (Å²) in [6.45, 7) is 2.76. The minimum absolute atomic E-state index is 0.536. The van der Waals surface area contributed by atoms with Gasteiger partial charge in [-0.1, -0.05) is 6.92 Å². The molecule has 14 heavy (non-hydrogen) atoms. The standard InChI is InChI=1S/C10H19NO2S/c1-8-2-4-10(5-3-8,9(12)13)14-7-6-11/h8H,2-7,11H2,1H3,(H,12,13). The van der Waals surface area contributed by atoms with Crippen LogP contribution in [0, 0.1) is 5.92 Å². The molecule has 0 unspecified atom stereocenters. The van der Waals surface area contributed by atoms with Crippen molar-refractivity contribution in [2.75, 3.05) is 12.3 Å². The van der Waals surface area contributed by atoms with Crippen molar-refractivity contribution in [2.45, 2.75) is 37.4 Å². The highest BCUT2D eigenvalue weighted by Gasteiger charge is 2.41. The summed E-state index contributed by atoms with van der Waals surface area (Å²) in [6.07, 6.45) is 3.66. The van der Waals surface area contributed by atoms with Crippen LogP contribution in [-0.2, 0) is 4.79 Å². The minimum atomic E-state index is -0.650. The summed E-state index contributed by atoms with van der Waals surface area (Å²) in [4.78, 5) is 11.2. The molecular formula is C10H19NO2S. The first-order valence-electron chi connectivity index (χ1n) is 5.18. The lowest BCUT2D eigenvalue weighted by Crippen LogP contribution is -2.39. The Morgan fingerprint density at radius 3 is 2.57 bits per heavy atom. The quantitative estimate of drug-likeness (QED) is 0.752. The van der Waals surface area contributed by atoms with Gasteiger partial charge in [0.05, 0.1) is 0 Å². The smallest absolute Gasteiger partial charge is 0.319 e. The SMILES string of the molecule is CC1CCC(SCCN)(C(=O)O)CC1. The van der Waals surface area contributed by atoms with Crippen molar-refractivity contribution in [3.05, 3.63) is 0 Å². The van der Waals surface area contributed by atoms with Crippen molar-refractivity contribution in [1.29, 1.82) is 0 Å². The number of carboxylic acids is 1. The van der Waals surface area contributed by atoms with E-state index in [0.717, 1.165) is 31.4 Å². The summed E-state index contributed by atoms with van der Waals surface area (Å²) in [5.74, 6) is 0.782. The van der Waals surface area contributed by atoms with Crippen LogP contribution in [-0.4, -0.2) is 28.1 Å². The van der Waals surface area contributed by atoms with E-state index in [1.54, 1.807) is 0 Å². The van der Waals surface area contributed by atoms with Crippen LogP contribution in [0.1, 0.15) is 32.6 Å². The summed E-state index contributed by atoms with van der Waals surface area (Å²) < 4.78 is -0.536. The van der Waals surface area contributed by atoms with Crippen LogP contribution in [0.5, 0.6) is 0 Å². The Morgan fingerprint density at radius 1 is 1.57 bits per heavy atom. The van der Waals surface area contributed by atoms with E-state index in [1.807, 2.05) is 0 Å². The number of hydrogen-bond acceptors (Lipinski definition) is 3. The average Bonchev–Trinajstić information content (AvgIpc) is 2.17. The van der Waals surface area contributed by atoms with Crippen LogP contribution < -0.4 is 5.73 Å². The third-order valence-corrected chi connectivity index (χ3v) is 4.54. The van der Waals surface area contributed by atoms with E-state index in [1.165, 1.54) is 11.8 Å². The maximum atomic E-state index is 11.2. The molecule has 0 bridgehead atoms. The van der Waals surface area contributed by atoms with Gasteiger partial charge in [0.25, 0.3) is 0 Å². The number of carboxylic acid groups (broad SMARTS) is 1. The van der Waals surface area contributed by atoms with Gasteiger partial charge in [0.1, 0.15) is 4.75 Å². The molecule has 0 aromatic rings. The second kappa shape index (κ2) is 5.03. The molecule has 3 N–H and O–H groups in total. The maximum Gasteiger partial charge on any atom is 0.319 e. The zero-order valence-corrected chi connectivity index (χ0v) is 9.48. The normalized spacial score (nSPS) is 32.9. The highest BCUT2D eigenvalue weighted by atomic mass is 32.2. The van der Waals surface area contributed by atoms with Crippen LogP contribution in [0.15, 0.2) is 0 Å². The molecule has 0 atom stereocenters. The molecule has 82 valence electrons. The Bertz CT molecular complexity index is 195. The zero-order valence-electron chi connectivity index (χ0n) is 8.66. The topological polar surface area (TPSA) is 63.3 Å². The lowest BCUT2D eigenvalue weighted by molar-refractivity contribution is -0.141. The zero-order chi connectivity index (χ0) is 10.6. The van der Waals surface area contributed by atoms with E-state index < -0.39 is 10.7 Å². The van der Waals surface area contributed by atoms with Crippen molar-refractivity contribution in [1.82, 2.24) is 0 Å². The van der Waals surface area contributed by atoms with Gasteiger partial charge in [-0.2, -0.15) is 0 Å². The Hall–Kier alpha value is -0.220. The summed E-state index contributed by atoms with van der Waals surface area (Å²) in [6, 6.07) is 0. The largest absolute Gasteiger partial charge is 0.480 e. The third kappa shape index (κ3) is 2.64. The summed E-state index contributed by atoms with van der Waals surface area (Å²) in [5, 5.41) is 9.24. The van der Waals surface area contributed by atoms with E-state index in [0.29, 0.717) is 12.5 Å². The van der Waals surface area contributed by atoms with E-state index in [2.05, 4.69) is 6.92 Å². The predicted octanol–water partition coefficient (Wildman–Crippen LogP) is 1.71. The number of rotatable bonds is 4. The first-order chi connectivity index (χ1) is 6.60. The maximum absolute atomic E-state index is 11.2. The van der Waals surface area contributed by atoms with Gasteiger partial charge in [-0.25, -0.2) is 0 Å². The molecule has 0 amide bonds. The van der Waals surface area contributed by atoms with Crippen molar-refractivity contribution < 1.29 is 9.90 Å². The van der Waals surface area contributed by atoms with E-state index in [9.17, 15) is 9.90 Å². The molecule has 0 radical (unpaired) electrons. The first-order valence-corrected chi connectivity index (χ1v) is 6.17. The molecule has 1 rings (SSSR count). The van der Waals surface area contributed by atoms with Crippen LogP contribution in [0.3, 0.4) is 0 Å².